The van der Waals surface area contributed by atoms with E-state index in [1.165, 1.54) is 39.8 Å². The number of alkyl halides is 3. The Balaban J connectivity index is 5.38. The monoisotopic (exact) mass is 306 g/mol. The molecule has 0 saturated heterocycles. The van der Waals surface area contributed by atoms with Crippen molar-refractivity contribution in [2.24, 2.45) is 11.8 Å². The molecule has 2 atom stereocenters. The van der Waals surface area contributed by atoms with Gasteiger partial charge in [-0.3, -0.25) is 9.59 Å². The van der Waals surface area contributed by atoms with Crippen molar-refractivity contribution < 1.29 is 27.5 Å². The Bertz CT molecular complexity index is 428. The largest absolute Gasteiger partial charge is 0.459 e. The van der Waals surface area contributed by atoms with Gasteiger partial charge in [-0.15, -0.1) is 0 Å². The van der Waals surface area contributed by atoms with Gasteiger partial charge in [0.1, 0.15) is 11.5 Å². The minimum Gasteiger partial charge on any atom is -0.459 e. The van der Waals surface area contributed by atoms with Crippen LogP contribution >= 0.6 is 0 Å². The highest BCUT2D eigenvalue weighted by molar-refractivity contribution is 6.02. The van der Waals surface area contributed by atoms with Crippen molar-refractivity contribution in [1.29, 1.82) is 0 Å². The lowest BCUT2D eigenvalue weighted by atomic mass is 9.89. The molecule has 0 heterocycles. The number of rotatable bonds is 5. The maximum Gasteiger partial charge on any atom is 0.450 e. The van der Waals surface area contributed by atoms with Gasteiger partial charge in [0, 0.05) is 0 Å². The number of Topliss-reactive ketones (excluding diaryl/α,β-unsaturated/α-hetero) is 1. The standard InChI is InChI=1S/C15H21F3O3/c1-6-7-8-9-10(2)11(12(19)15(16,17)18)13(20)21-14(3,4)5/h6-11H,1-5H3/b7-6+,9-8+/t10-,11-/m0/s1. The van der Waals surface area contributed by atoms with E-state index < -0.39 is 35.4 Å². The first-order valence-corrected chi connectivity index (χ1v) is 6.53. The molecule has 0 aliphatic heterocycles. The molecule has 0 saturated carbocycles. The maximum absolute atomic E-state index is 12.6. The van der Waals surface area contributed by atoms with Crippen molar-refractivity contribution in [3.05, 3.63) is 24.3 Å². The molecule has 0 spiro atoms. The number of hydrogen-bond acceptors (Lipinski definition) is 3. The van der Waals surface area contributed by atoms with Crippen LogP contribution in [-0.2, 0) is 14.3 Å². The average Bonchev–Trinajstić information content (AvgIpc) is 2.25. The first-order valence-electron chi connectivity index (χ1n) is 6.53. The summed E-state index contributed by atoms with van der Waals surface area (Å²) in [6, 6.07) is 0. The number of hydrogen-bond donors (Lipinski definition) is 0. The van der Waals surface area contributed by atoms with E-state index in [0.29, 0.717) is 0 Å². The summed E-state index contributed by atoms with van der Waals surface area (Å²) in [6.45, 7) is 7.69. The zero-order valence-corrected chi connectivity index (χ0v) is 12.8. The van der Waals surface area contributed by atoms with Crippen LogP contribution in [0, 0.1) is 11.8 Å². The lowest BCUT2D eigenvalue weighted by molar-refractivity contribution is -0.185. The van der Waals surface area contributed by atoms with Crippen LogP contribution in [0.1, 0.15) is 34.6 Å². The topological polar surface area (TPSA) is 43.4 Å². The van der Waals surface area contributed by atoms with Crippen LogP contribution in [0.3, 0.4) is 0 Å². The summed E-state index contributed by atoms with van der Waals surface area (Å²) in [5.74, 6) is -6.08. The molecule has 0 aliphatic carbocycles. The molecule has 0 rings (SSSR count). The second kappa shape index (κ2) is 7.43. The van der Waals surface area contributed by atoms with E-state index >= 15 is 0 Å². The smallest absolute Gasteiger partial charge is 0.450 e. The van der Waals surface area contributed by atoms with Gasteiger partial charge in [0.2, 0.25) is 0 Å². The van der Waals surface area contributed by atoms with E-state index in [-0.39, 0.29) is 0 Å². The molecule has 6 heteroatoms. The molecule has 0 unspecified atom stereocenters. The number of ether oxygens (including phenoxy) is 1. The summed E-state index contributed by atoms with van der Waals surface area (Å²) < 4.78 is 42.9. The van der Waals surface area contributed by atoms with Gasteiger partial charge in [-0.05, 0) is 33.6 Å². The van der Waals surface area contributed by atoms with Crippen LogP contribution in [0.15, 0.2) is 24.3 Å². The summed E-state index contributed by atoms with van der Waals surface area (Å²) in [4.78, 5) is 23.4. The molecular weight excluding hydrogens is 285 g/mol. The van der Waals surface area contributed by atoms with Gasteiger partial charge in [0.25, 0.3) is 5.78 Å². The Hall–Kier alpha value is -1.59. The fraction of sp³-hybridized carbons (Fsp3) is 0.600. The molecular formula is C15H21F3O3. The molecule has 0 N–H and O–H groups in total. The van der Waals surface area contributed by atoms with Gasteiger partial charge in [-0.25, -0.2) is 0 Å². The zero-order valence-electron chi connectivity index (χ0n) is 12.8. The van der Waals surface area contributed by atoms with Gasteiger partial charge in [0.15, 0.2) is 0 Å². The first-order chi connectivity index (χ1) is 9.40. The van der Waals surface area contributed by atoms with Crippen LogP contribution in [-0.4, -0.2) is 23.5 Å². The summed E-state index contributed by atoms with van der Waals surface area (Å²) in [5.41, 5.74) is -0.964. The van der Waals surface area contributed by atoms with Crippen molar-refractivity contribution in [1.82, 2.24) is 0 Å². The van der Waals surface area contributed by atoms with Crippen LogP contribution in [0.25, 0.3) is 0 Å². The lowest BCUT2D eigenvalue weighted by Crippen LogP contribution is -2.41. The SMILES string of the molecule is C/C=C/C=C/[C@H](C)[C@H](C(=O)OC(C)(C)C)C(=O)C(F)(F)F. The van der Waals surface area contributed by atoms with Gasteiger partial charge in [-0.1, -0.05) is 31.2 Å². The number of halogens is 3. The molecule has 0 aromatic rings. The van der Waals surface area contributed by atoms with Crippen molar-refractivity contribution in [3.63, 3.8) is 0 Å². The molecule has 0 fully saturated rings. The van der Waals surface area contributed by atoms with E-state index in [1.807, 2.05) is 0 Å². The number of carbonyl (C=O) groups is 2. The minimum absolute atomic E-state index is 0.926. The van der Waals surface area contributed by atoms with E-state index in [2.05, 4.69) is 0 Å². The Labute approximate surface area is 122 Å². The van der Waals surface area contributed by atoms with E-state index in [0.717, 1.165) is 0 Å². The second-order valence-electron chi connectivity index (χ2n) is 5.64. The van der Waals surface area contributed by atoms with Crippen molar-refractivity contribution in [2.45, 2.75) is 46.4 Å². The second-order valence-corrected chi connectivity index (χ2v) is 5.64. The summed E-state index contributed by atoms with van der Waals surface area (Å²) in [6.07, 6.45) is 1.06. The van der Waals surface area contributed by atoms with Crippen molar-refractivity contribution in [3.8, 4) is 0 Å². The van der Waals surface area contributed by atoms with Gasteiger partial charge in [0.05, 0.1) is 0 Å². The average molecular weight is 306 g/mol. The molecule has 0 radical (unpaired) electrons. The molecule has 3 nitrogen and oxygen atoms in total. The number of ketones is 1. The van der Waals surface area contributed by atoms with Crippen molar-refractivity contribution in [2.75, 3.05) is 0 Å². The molecule has 21 heavy (non-hydrogen) atoms. The fourth-order valence-corrected chi connectivity index (χ4v) is 1.56. The Kier molecular flexibility index (Phi) is 6.86. The van der Waals surface area contributed by atoms with Crippen LogP contribution in [0.5, 0.6) is 0 Å². The Morgan fingerprint density at radius 2 is 1.62 bits per heavy atom. The highest BCUT2D eigenvalue weighted by Gasteiger charge is 2.49. The summed E-state index contributed by atoms with van der Waals surface area (Å²) in [5, 5.41) is 0. The van der Waals surface area contributed by atoms with E-state index in [4.69, 9.17) is 4.74 Å². The van der Waals surface area contributed by atoms with Crippen LogP contribution in [0.2, 0.25) is 0 Å². The third-order valence-corrected chi connectivity index (χ3v) is 2.47. The highest BCUT2D eigenvalue weighted by atomic mass is 19.4. The third kappa shape index (κ3) is 7.11. The van der Waals surface area contributed by atoms with Crippen molar-refractivity contribution >= 4 is 11.8 Å². The number of esters is 1. The first kappa shape index (κ1) is 19.4. The van der Waals surface area contributed by atoms with Gasteiger partial charge < -0.3 is 4.74 Å². The van der Waals surface area contributed by atoms with E-state index in [1.54, 1.807) is 19.1 Å². The minimum atomic E-state index is -5.08. The molecule has 0 aromatic heterocycles. The molecule has 0 aromatic carbocycles. The lowest BCUT2D eigenvalue weighted by Gasteiger charge is -2.25. The number of carbonyl (C=O) groups excluding carboxylic acids is 2. The quantitative estimate of drug-likeness (QED) is 0.440. The molecule has 0 amide bonds. The van der Waals surface area contributed by atoms with E-state index in [9.17, 15) is 22.8 Å². The maximum atomic E-state index is 12.6. The summed E-state index contributed by atoms with van der Waals surface area (Å²) >= 11 is 0. The normalized spacial score (nSPS) is 16.2. The fourth-order valence-electron chi connectivity index (χ4n) is 1.56. The van der Waals surface area contributed by atoms with Gasteiger partial charge in [-0.2, -0.15) is 13.2 Å². The predicted molar refractivity (Wildman–Crippen MR) is 73.5 cm³/mol. The zero-order chi connectivity index (χ0) is 16.8. The highest BCUT2D eigenvalue weighted by Crippen LogP contribution is 2.28. The third-order valence-electron chi connectivity index (χ3n) is 2.47. The Morgan fingerprint density at radius 1 is 1.10 bits per heavy atom. The van der Waals surface area contributed by atoms with Gasteiger partial charge >= 0.3 is 12.1 Å². The molecule has 120 valence electrons. The molecule has 0 bridgehead atoms. The summed E-state index contributed by atoms with van der Waals surface area (Å²) in [7, 11) is 0. The number of allylic oxidation sites excluding steroid dienone is 4. The predicted octanol–water partition coefficient (Wildman–Crippen LogP) is 3.84. The molecule has 0 aliphatic rings. The van der Waals surface area contributed by atoms with Crippen LogP contribution < -0.4 is 0 Å². The van der Waals surface area contributed by atoms with Crippen LogP contribution in [0.4, 0.5) is 13.2 Å². The Morgan fingerprint density at radius 3 is 2.00 bits per heavy atom.